The van der Waals surface area contributed by atoms with Crippen LogP contribution in [0, 0.1) is 19.8 Å². The van der Waals surface area contributed by atoms with Crippen molar-refractivity contribution in [1.29, 1.82) is 0 Å². The smallest absolute Gasteiger partial charge is 0.248 e. The van der Waals surface area contributed by atoms with Crippen molar-refractivity contribution < 1.29 is 8.78 Å². The van der Waals surface area contributed by atoms with Gasteiger partial charge in [0.2, 0.25) is 5.92 Å². The van der Waals surface area contributed by atoms with E-state index in [0.717, 1.165) is 16.8 Å². The third-order valence-electron chi connectivity index (χ3n) is 3.86. The van der Waals surface area contributed by atoms with Crippen molar-refractivity contribution in [3.8, 4) is 0 Å². The van der Waals surface area contributed by atoms with E-state index in [1.807, 2.05) is 19.9 Å². The average molecular weight is 269 g/mol. The summed E-state index contributed by atoms with van der Waals surface area (Å²) in [6, 6.07) is 1.88. The van der Waals surface area contributed by atoms with Gasteiger partial charge in [-0.15, -0.1) is 0 Å². The summed E-state index contributed by atoms with van der Waals surface area (Å²) in [7, 11) is 0. The van der Waals surface area contributed by atoms with Crippen molar-refractivity contribution in [3.05, 3.63) is 29.1 Å². The van der Waals surface area contributed by atoms with Gasteiger partial charge >= 0.3 is 0 Å². The lowest BCUT2D eigenvalue weighted by atomic mass is 9.94. The van der Waals surface area contributed by atoms with Gasteiger partial charge in [-0.2, -0.15) is 0 Å². The number of nitrogens with zero attached hydrogens (tertiary/aromatic N) is 1. The van der Waals surface area contributed by atoms with Gasteiger partial charge in [-0.25, -0.2) is 8.78 Å². The second-order valence-electron chi connectivity index (χ2n) is 5.63. The van der Waals surface area contributed by atoms with Gasteiger partial charge in [-0.1, -0.05) is 6.07 Å². The highest BCUT2D eigenvalue weighted by Crippen LogP contribution is 2.42. The lowest BCUT2D eigenvalue weighted by Gasteiger charge is -2.21. The average Bonchev–Trinajstić information content (AvgIpc) is 2.66. The largest absolute Gasteiger partial charge is 0.271 e. The minimum atomic E-state index is -2.50. The van der Waals surface area contributed by atoms with E-state index in [1.54, 1.807) is 6.20 Å². The Morgan fingerprint density at radius 3 is 2.79 bits per heavy atom. The highest BCUT2D eigenvalue weighted by Gasteiger charge is 2.40. The molecule has 0 aromatic carbocycles. The molecule has 0 amide bonds. The molecule has 19 heavy (non-hydrogen) atoms. The first-order valence-corrected chi connectivity index (χ1v) is 6.68. The van der Waals surface area contributed by atoms with E-state index in [-0.39, 0.29) is 24.8 Å². The third kappa shape index (κ3) is 3.48. The molecule has 1 aliphatic rings. The van der Waals surface area contributed by atoms with E-state index < -0.39 is 5.92 Å². The molecule has 0 aliphatic heterocycles. The van der Waals surface area contributed by atoms with E-state index in [9.17, 15) is 8.78 Å². The van der Waals surface area contributed by atoms with Gasteiger partial charge in [0, 0.05) is 19.0 Å². The quantitative estimate of drug-likeness (QED) is 0.652. The number of pyridine rings is 1. The molecule has 2 atom stereocenters. The summed E-state index contributed by atoms with van der Waals surface area (Å²) in [6.07, 6.45) is 2.93. The van der Waals surface area contributed by atoms with E-state index in [1.165, 1.54) is 0 Å². The summed E-state index contributed by atoms with van der Waals surface area (Å²) < 4.78 is 26.4. The van der Waals surface area contributed by atoms with Crippen LogP contribution in [-0.2, 0) is 0 Å². The van der Waals surface area contributed by atoms with E-state index in [4.69, 9.17) is 5.84 Å². The predicted octanol–water partition coefficient (Wildman–Crippen LogP) is 3.03. The molecule has 5 heteroatoms. The van der Waals surface area contributed by atoms with Crippen molar-refractivity contribution >= 4 is 0 Å². The number of halogens is 2. The highest BCUT2D eigenvalue weighted by atomic mass is 19.3. The molecule has 1 aromatic heterocycles. The van der Waals surface area contributed by atoms with Crippen LogP contribution in [0.4, 0.5) is 8.78 Å². The fraction of sp³-hybridized carbons (Fsp3) is 0.643. The Bertz CT molecular complexity index is 448. The molecule has 1 aromatic rings. The SMILES string of the molecule is Cc1cnc(C(CC2CCC(F)(F)C2)NN)c(C)c1. The Kier molecular flexibility index (Phi) is 4.16. The van der Waals surface area contributed by atoms with Gasteiger partial charge in [0.05, 0.1) is 11.7 Å². The molecular weight excluding hydrogens is 248 g/mol. The summed E-state index contributed by atoms with van der Waals surface area (Å²) in [6.45, 7) is 3.95. The van der Waals surface area contributed by atoms with Gasteiger partial charge in [-0.3, -0.25) is 16.3 Å². The van der Waals surface area contributed by atoms with Crippen molar-refractivity contribution in [2.24, 2.45) is 11.8 Å². The maximum atomic E-state index is 13.2. The van der Waals surface area contributed by atoms with Crippen LogP contribution in [0.15, 0.2) is 12.3 Å². The van der Waals surface area contributed by atoms with Crippen LogP contribution >= 0.6 is 0 Å². The molecule has 0 bridgehead atoms. The normalized spacial score (nSPS) is 23.5. The molecule has 1 aliphatic carbocycles. The molecule has 1 fully saturated rings. The topological polar surface area (TPSA) is 50.9 Å². The standard InChI is InChI=1S/C14H21F2N3/c1-9-5-10(2)13(18-8-9)12(19-17)6-11-3-4-14(15,16)7-11/h5,8,11-12,19H,3-4,6-7,17H2,1-2H3. The molecule has 2 unspecified atom stereocenters. The molecule has 0 radical (unpaired) electrons. The number of alkyl halides is 2. The molecule has 1 saturated carbocycles. The lowest BCUT2D eigenvalue weighted by molar-refractivity contribution is 0.00428. The summed E-state index contributed by atoms with van der Waals surface area (Å²) in [4.78, 5) is 4.40. The minimum Gasteiger partial charge on any atom is -0.271 e. The third-order valence-corrected chi connectivity index (χ3v) is 3.86. The molecule has 1 heterocycles. The first-order chi connectivity index (χ1) is 8.91. The first kappa shape index (κ1) is 14.3. The van der Waals surface area contributed by atoms with Crippen LogP contribution < -0.4 is 11.3 Å². The molecule has 3 nitrogen and oxygen atoms in total. The van der Waals surface area contributed by atoms with Gasteiger partial charge < -0.3 is 0 Å². The number of hydrogen-bond acceptors (Lipinski definition) is 3. The van der Waals surface area contributed by atoms with Crippen molar-refractivity contribution in [2.75, 3.05) is 0 Å². The maximum absolute atomic E-state index is 13.2. The molecule has 2 rings (SSSR count). The van der Waals surface area contributed by atoms with Crippen molar-refractivity contribution in [3.63, 3.8) is 0 Å². The van der Waals surface area contributed by atoms with E-state index in [2.05, 4.69) is 10.4 Å². The van der Waals surface area contributed by atoms with Gasteiger partial charge in [0.25, 0.3) is 0 Å². The predicted molar refractivity (Wildman–Crippen MR) is 70.7 cm³/mol. The van der Waals surface area contributed by atoms with Gasteiger partial charge in [0.15, 0.2) is 0 Å². The van der Waals surface area contributed by atoms with Crippen LogP contribution in [0.25, 0.3) is 0 Å². The molecule has 106 valence electrons. The Hall–Kier alpha value is -1.07. The van der Waals surface area contributed by atoms with Gasteiger partial charge in [0.1, 0.15) is 0 Å². The number of nitrogens with two attached hydrogens (primary N) is 1. The number of nitrogens with one attached hydrogen (secondary N) is 1. The van der Waals surface area contributed by atoms with Crippen LogP contribution in [0.3, 0.4) is 0 Å². The number of rotatable bonds is 4. The van der Waals surface area contributed by atoms with Crippen LogP contribution in [0.1, 0.15) is 48.5 Å². The van der Waals surface area contributed by atoms with Gasteiger partial charge in [-0.05, 0) is 43.7 Å². The zero-order valence-corrected chi connectivity index (χ0v) is 11.4. The first-order valence-electron chi connectivity index (χ1n) is 6.68. The second-order valence-corrected chi connectivity index (χ2v) is 5.63. The maximum Gasteiger partial charge on any atom is 0.248 e. The lowest BCUT2D eigenvalue weighted by Crippen LogP contribution is -2.31. The number of hydrazine groups is 1. The molecule has 3 N–H and O–H groups in total. The Balaban J connectivity index is 2.08. The van der Waals surface area contributed by atoms with E-state index >= 15 is 0 Å². The van der Waals surface area contributed by atoms with Crippen LogP contribution in [0.2, 0.25) is 0 Å². The monoisotopic (exact) mass is 269 g/mol. The zero-order chi connectivity index (χ0) is 14.0. The Morgan fingerprint density at radius 1 is 1.53 bits per heavy atom. The molecular formula is C14H21F2N3. The molecule has 0 saturated heterocycles. The van der Waals surface area contributed by atoms with Crippen LogP contribution in [0.5, 0.6) is 0 Å². The highest BCUT2D eigenvalue weighted by molar-refractivity contribution is 5.25. The summed E-state index contributed by atoms with van der Waals surface area (Å²) in [5.74, 6) is 3.09. The van der Waals surface area contributed by atoms with Crippen LogP contribution in [-0.4, -0.2) is 10.9 Å². The van der Waals surface area contributed by atoms with E-state index in [0.29, 0.717) is 12.8 Å². The Labute approximate surface area is 112 Å². The fourth-order valence-electron chi connectivity index (χ4n) is 2.93. The summed E-state index contributed by atoms with van der Waals surface area (Å²) in [5.41, 5.74) is 5.73. The fourth-order valence-corrected chi connectivity index (χ4v) is 2.93. The summed E-state index contributed by atoms with van der Waals surface area (Å²) >= 11 is 0. The molecule has 0 spiro atoms. The second kappa shape index (κ2) is 5.51. The zero-order valence-electron chi connectivity index (χ0n) is 11.4. The Morgan fingerprint density at radius 2 is 2.26 bits per heavy atom. The van der Waals surface area contributed by atoms with Crippen molar-refractivity contribution in [1.82, 2.24) is 10.4 Å². The minimum absolute atomic E-state index is 0.00470. The van der Waals surface area contributed by atoms with Crippen molar-refractivity contribution in [2.45, 2.75) is 51.5 Å². The number of hydrogen-bond donors (Lipinski definition) is 2. The summed E-state index contributed by atoms with van der Waals surface area (Å²) in [5, 5.41) is 0. The number of aryl methyl sites for hydroxylation is 2. The number of aromatic nitrogens is 1.